The van der Waals surface area contributed by atoms with Crippen LogP contribution in [0.4, 0.5) is 0 Å². The fourth-order valence-electron chi connectivity index (χ4n) is 2.46. The van der Waals surface area contributed by atoms with Gasteiger partial charge in [0, 0.05) is 39.3 Å². The number of rotatable bonds is 5. The van der Waals surface area contributed by atoms with Crippen LogP contribution in [0, 0.1) is 0 Å². The first-order valence-corrected chi connectivity index (χ1v) is 7.41. The van der Waals surface area contributed by atoms with Crippen LogP contribution in [-0.2, 0) is 4.79 Å². The number of hydrogen-bond acceptors (Lipinski definition) is 4. The molecule has 1 aliphatic heterocycles. The van der Waals surface area contributed by atoms with E-state index in [-0.39, 0.29) is 11.9 Å². The molecule has 0 aromatic heterocycles. The number of carbonyl (C=O) groups excluding carboxylic acids is 1. The van der Waals surface area contributed by atoms with Gasteiger partial charge in [-0.05, 0) is 19.8 Å². The van der Waals surface area contributed by atoms with Crippen molar-refractivity contribution >= 4 is 23.1 Å². The predicted molar refractivity (Wildman–Crippen MR) is 80.1 cm³/mol. The van der Waals surface area contributed by atoms with Crippen LogP contribution < -0.4 is 5.73 Å². The maximum atomic E-state index is 12.0. The maximum absolute atomic E-state index is 12.0. The summed E-state index contributed by atoms with van der Waals surface area (Å²) in [6.07, 6.45) is 2.34. The predicted octanol–water partition coefficient (Wildman–Crippen LogP) is -0.101. The van der Waals surface area contributed by atoms with Gasteiger partial charge >= 0.3 is 0 Å². The van der Waals surface area contributed by atoms with Gasteiger partial charge in [0.15, 0.2) is 0 Å². The molecule has 1 aliphatic carbocycles. The quantitative estimate of drug-likeness (QED) is 0.715. The largest absolute Gasteiger partial charge is 0.392 e. The van der Waals surface area contributed by atoms with Crippen molar-refractivity contribution in [2.45, 2.75) is 31.8 Å². The van der Waals surface area contributed by atoms with E-state index >= 15 is 0 Å². The molecule has 0 aromatic rings. The van der Waals surface area contributed by atoms with Crippen molar-refractivity contribution in [3.05, 3.63) is 0 Å². The van der Waals surface area contributed by atoms with Gasteiger partial charge in [-0.3, -0.25) is 14.6 Å². The van der Waals surface area contributed by atoms with Crippen molar-refractivity contribution < 1.29 is 4.79 Å². The molecule has 2 N–H and O–H groups in total. The van der Waals surface area contributed by atoms with Gasteiger partial charge in [0.2, 0.25) is 5.91 Å². The van der Waals surface area contributed by atoms with Gasteiger partial charge in [-0.1, -0.05) is 12.2 Å². The van der Waals surface area contributed by atoms with Gasteiger partial charge in [0.1, 0.15) is 0 Å². The summed E-state index contributed by atoms with van der Waals surface area (Å²) in [5.41, 5.74) is 5.68. The molecule has 1 saturated carbocycles. The molecule has 1 unspecified atom stereocenters. The van der Waals surface area contributed by atoms with Crippen molar-refractivity contribution in [2.24, 2.45) is 5.73 Å². The Morgan fingerprint density at radius 2 is 1.95 bits per heavy atom. The summed E-state index contributed by atoms with van der Waals surface area (Å²) < 4.78 is 0. The minimum atomic E-state index is 0.155. The molecule has 1 amide bonds. The molecule has 1 heterocycles. The third kappa shape index (κ3) is 3.87. The lowest BCUT2D eigenvalue weighted by molar-refractivity contribution is -0.132. The van der Waals surface area contributed by atoms with Crippen LogP contribution in [-0.4, -0.2) is 77.5 Å². The molecule has 2 rings (SSSR count). The van der Waals surface area contributed by atoms with E-state index in [0.29, 0.717) is 17.6 Å². The fourth-order valence-corrected chi connectivity index (χ4v) is 2.61. The fraction of sp³-hybridized carbons (Fsp3) is 0.846. The lowest BCUT2D eigenvalue weighted by atomic mass is 10.2. The first-order chi connectivity index (χ1) is 8.99. The second-order valence-corrected chi connectivity index (χ2v) is 6.10. The molecule has 19 heavy (non-hydrogen) atoms. The lowest BCUT2D eigenvalue weighted by Crippen LogP contribution is -2.54. The van der Waals surface area contributed by atoms with Gasteiger partial charge in [-0.25, -0.2) is 0 Å². The normalized spacial score (nSPS) is 23.1. The van der Waals surface area contributed by atoms with Crippen LogP contribution in [0.5, 0.6) is 0 Å². The summed E-state index contributed by atoms with van der Waals surface area (Å²) in [5.74, 6) is 0.248. The molecule has 1 atom stereocenters. The second-order valence-electron chi connectivity index (χ2n) is 5.63. The number of thiocarbonyl (C=S) groups is 1. The van der Waals surface area contributed by atoms with E-state index in [2.05, 4.69) is 9.80 Å². The van der Waals surface area contributed by atoms with E-state index in [1.165, 1.54) is 12.8 Å². The number of carbonyl (C=O) groups is 1. The average Bonchev–Trinajstić information content (AvgIpc) is 3.22. The van der Waals surface area contributed by atoms with Crippen LogP contribution in [0.15, 0.2) is 0 Å². The molecular weight excluding hydrogens is 260 g/mol. The Labute approximate surface area is 120 Å². The summed E-state index contributed by atoms with van der Waals surface area (Å²) in [6, 6.07) is 0.658. The van der Waals surface area contributed by atoms with E-state index in [1.807, 2.05) is 18.9 Å². The number of nitrogens with zero attached hydrogens (tertiary/aromatic N) is 3. The first kappa shape index (κ1) is 14.7. The van der Waals surface area contributed by atoms with E-state index in [9.17, 15) is 4.79 Å². The van der Waals surface area contributed by atoms with Gasteiger partial charge in [-0.2, -0.15) is 0 Å². The summed E-state index contributed by atoms with van der Waals surface area (Å²) in [4.78, 5) is 19.0. The Kier molecular flexibility index (Phi) is 4.76. The third-order valence-corrected chi connectivity index (χ3v) is 4.55. The number of nitrogens with two attached hydrogens (primary N) is 1. The van der Waals surface area contributed by atoms with Gasteiger partial charge < -0.3 is 10.6 Å². The highest BCUT2D eigenvalue weighted by Gasteiger charge is 2.31. The summed E-state index contributed by atoms with van der Waals surface area (Å²) in [6.45, 7) is 6.28. The molecule has 0 aromatic carbocycles. The van der Waals surface area contributed by atoms with Crippen molar-refractivity contribution in [1.29, 1.82) is 0 Å². The van der Waals surface area contributed by atoms with Crippen LogP contribution in [0.2, 0.25) is 0 Å². The highest BCUT2D eigenvalue weighted by atomic mass is 32.1. The molecule has 6 heteroatoms. The van der Waals surface area contributed by atoms with Gasteiger partial charge in [-0.15, -0.1) is 0 Å². The molecular formula is C13H24N4OS. The smallest absolute Gasteiger partial charge is 0.236 e. The van der Waals surface area contributed by atoms with Crippen LogP contribution >= 0.6 is 12.2 Å². The van der Waals surface area contributed by atoms with Crippen molar-refractivity contribution in [3.63, 3.8) is 0 Å². The highest BCUT2D eigenvalue weighted by molar-refractivity contribution is 7.80. The van der Waals surface area contributed by atoms with Crippen LogP contribution in [0.3, 0.4) is 0 Å². The average molecular weight is 284 g/mol. The minimum absolute atomic E-state index is 0.155. The molecule has 0 bridgehead atoms. The van der Waals surface area contributed by atoms with E-state index in [0.717, 1.165) is 26.2 Å². The SMILES string of the molecule is CC(C(N)=S)N1CCN(CC(=O)N(C)C2CC2)CC1. The molecule has 0 spiro atoms. The third-order valence-electron chi connectivity index (χ3n) is 4.21. The van der Waals surface area contributed by atoms with Crippen LogP contribution in [0.1, 0.15) is 19.8 Å². The Bertz CT molecular complexity index is 351. The second kappa shape index (κ2) is 6.15. The minimum Gasteiger partial charge on any atom is -0.392 e. The Morgan fingerprint density at radius 3 is 2.42 bits per heavy atom. The number of hydrogen-bond donors (Lipinski definition) is 1. The van der Waals surface area contributed by atoms with Crippen molar-refractivity contribution in [2.75, 3.05) is 39.8 Å². The Balaban J connectivity index is 1.74. The van der Waals surface area contributed by atoms with Gasteiger partial charge in [0.05, 0.1) is 17.6 Å². The Hall–Kier alpha value is -0.720. The monoisotopic (exact) mass is 284 g/mol. The first-order valence-electron chi connectivity index (χ1n) is 7.00. The molecule has 108 valence electrons. The maximum Gasteiger partial charge on any atom is 0.236 e. The summed E-state index contributed by atoms with van der Waals surface area (Å²) in [7, 11) is 1.92. The highest BCUT2D eigenvalue weighted by Crippen LogP contribution is 2.25. The number of likely N-dealkylation sites (N-methyl/N-ethyl adjacent to an activating group) is 1. The molecule has 5 nitrogen and oxygen atoms in total. The zero-order chi connectivity index (χ0) is 14.0. The van der Waals surface area contributed by atoms with Crippen molar-refractivity contribution in [1.82, 2.24) is 14.7 Å². The van der Waals surface area contributed by atoms with Gasteiger partial charge in [0.25, 0.3) is 0 Å². The van der Waals surface area contributed by atoms with Crippen molar-refractivity contribution in [3.8, 4) is 0 Å². The zero-order valence-corrected chi connectivity index (χ0v) is 12.7. The number of piperazine rings is 1. The number of amides is 1. The molecule has 0 radical (unpaired) electrons. The zero-order valence-electron chi connectivity index (χ0n) is 11.8. The summed E-state index contributed by atoms with van der Waals surface area (Å²) in [5, 5.41) is 0. The topological polar surface area (TPSA) is 52.8 Å². The van der Waals surface area contributed by atoms with E-state index in [1.54, 1.807) is 0 Å². The molecule has 2 fully saturated rings. The summed E-state index contributed by atoms with van der Waals surface area (Å²) >= 11 is 5.03. The van der Waals surface area contributed by atoms with E-state index in [4.69, 9.17) is 18.0 Å². The van der Waals surface area contributed by atoms with E-state index < -0.39 is 0 Å². The standard InChI is InChI=1S/C13H24N4OS/c1-10(13(14)19)17-7-5-16(6-8-17)9-12(18)15(2)11-3-4-11/h10-11H,3-9H2,1-2H3,(H2,14,19). The molecule has 1 saturated heterocycles. The lowest BCUT2D eigenvalue weighted by Gasteiger charge is -2.37. The molecule has 2 aliphatic rings. The Morgan fingerprint density at radius 1 is 1.37 bits per heavy atom. The van der Waals surface area contributed by atoms with Crippen LogP contribution in [0.25, 0.3) is 0 Å².